The van der Waals surface area contributed by atoms with Gasteiger partial charge in [0.2, 0.25) is 0 Å². The van der Waals surface area contributed by atoms with E-state index < -0.39 is 9.20 Å². The summed E-state index contributed by atoms with van der Waals surface area (Å²) in [5, 5.41) is 0. The second-order valence-corrected chi connectivity index (χ2v) is 6.93. The molecule has 0 heterocycles. The van der Waals surface area contributed by atoms with Crippen molar-refractivity contribution < 1.29 is 4.43 Å². The summed E-state index contributed by atoms with van der Waals surface area (Å²) in [5.41, 5.74) is 0. The van der Waals surface area contributed by atoms with Crippen LogP contribution in [0.5, 0.6) is 0 Å². The van der Waals surface area contributed by atoms with E-state index in [1.54, 1.807) is 0 Å². The van der Waals surface area contributed by atoms with Crippen LogP contribution in [0, 0.1) is 0 Å². The van der Waals surface area contributed by atoms with Crippen molar-refractivity contribution in [2.75, 3.05) is 20.2 Å². The van der Waals surface area contributed by atoms with E-state index in [1.165, 1.54) is 6.04 Å². The molecule has 0 aromatic rings. The Labute approximate surface area is 97.0 Å². The molecule has 0 saturated carbocycles. The molecule has 0 bridgehead atoms. The maximum atomic E-state index is 5.50. The number of nitrogens with one attached hydrogen (secondary N) is 1. The molecule has 0 saturated heterocycles. The predicted molar refractivity (Wildman–Crippen MR) is 69.6 cm³/mol. The number of rotatable bonds is 8. The molecular weight excluding hydrogens is 204 g/mol. The molecule has 4 heteroatoms. The lowest BCUT2D eigenvalue weighted by atomic mass is 10.2. The molecule has 0 aliphatic rings. The van der Waals surface area contributed by atoms with Crippen LogP contribution in [-0.2, 0) is 4.43 Å². The first-order valence-corrected chi connectivity index (χ1v) is 7.91. The van der Waals surface area contributed by atoms with Crippen LogP contribution in [0.2, 0.25) is 6.04 Å². The van der Waals surface area contributed by atoms with Crippen LogP contribution in [0.3, 0.4) is 0 Å². The van der Waals surface area contributed by atoms with Gasteiger partial charge < -0.3 is 9.41 Å². The quantitative estimate of drug-likeness (QED) is 0.643. The lowest BCUT2D eigenvalue weighted by molar-refractivity contribution is 0.182. The zero-order chi connectivity index (χ0) is 11.8. The molecule has 0 rings (SSSR count). The summed E-state index contributed by atoms with van der Waals surface area (Å²) in [6, 6.07) is 2.43. The Hall–Kier alpha value is 0.0969. The Balaban J connectivity index is 3.96. The molecule has 0 aliphatic heterocycles. The first-order valence-electron chi connectivity index (χ1n) is 6.04. The smallest absolute Gasteiger partial charge is 0.253 e. The fourth-order valence-corrected chi connectivity index (χ4v) is 3.50. The Morgan fingerprint density at radius 2 is 1.73 bits per heavy atom. The van der Waals surface area contributed by atoms with Gasteiger partial charge in [0.1, 0.15) is 0 Å². The van der Waals surface area contributed by atoms with Crippen molar-refractivity contribution in [3.63, 3.8) is 0 Å². The topological polar surface area (TPSA) is 24.5 Å². The first kappa shape index (κ1) is 15.1. The van der Waals surface area contributed by atoms with E-state index in [1.807, 2.05) is 7.11 Å². The average molecular weight is 232 g/mol. The number of nitrogens with zero attached hydrogens (tertiary/aromatic N) is 1. The standard InChI is InChI=1S/C11H28N2OSi/c1-7-12-15(14-6)9-8-13(10(2)3)11(4)5/h10-12,15H,7-9H2,1-6H3. The Morgan fingerprint density at radius 3 is 2.07 bits per heavy atom. The zero-order valence-corrected chi connectivity index (χ0v) is 12.4. The SMILES string of the molecule is CCN[SiH](CCN(C(C)C)C(C)C)OC. The van der Waals surface area contributed by atoms with Crippen molar-refractivity contribution in [1.82, 2.24) is 9.88 Å². The van der Waals surface area contributed by atoms with Crippen LogP contribution in [-0.4, -0.2) is 46.4 Å². The van der Waals surface area contributed by atoms with Crippen LogP contribution in [0.25, 0.3) is 0 Å². The molecule has 1 N–H and O–H groups in total. The van der Waals surface area contributed by atoms with Gasteiger partial charge in [-0.2, -0.15) is 0 Å². The molecule has 1 unspecified atom stereocenters. The van der Waals surface area contributed by atoms with Gasteiger partial charge in [0.25, 0.3) is 9.20 Å². The lowest BCUT2D eigenvalue weighted by Gasteiger charge is -2.31. The summed E-state index contributed by atoms with van der Waals surface area (Å²) >= 11 is 0. The van der Waals surface area contributed by atoms with Crippen molar-refractivity contribution in [1.29, 1.82) is 0 Å². The molecule has 0 radical (unpaired) electrons. The van der Waals surface area contributed by atoms with Gasteiger partial charge in [-0.1, -0.05) is 6.92 Å². The average Bonchev–Trinajstić information content (AvgIpc) is 2.15. The van der Waals surface area contributed by atoms with E-state index in [0.29, 0.717) is 12.1 Å². The van der Waals surface area contributed by atoms with Crippen molar-refractivity contribution >= 4 is 9.20 Å². The summed E-state index contributed by atoms with van der Waals surface area (Å²) in [4.78, 5) is 5.98. The molecule has 3 nitrogen and oxygen atoms in total. The van der Waals surface area contributed by atoms with Gasteiger partial charge in [0.05, 0.1) is 0 Å². The van der Waals surface area contributed by atoms with Crippen molar-refractivity contribution in [3.05, 3.63) is 0 Å². The van der Waals surface area contributed by atoms with Gasteiger partial charge in [-0.15, -0.1) is 0 Å². The second-order valence-electron chi connectivity index (χ2n) is 4.50. The monoisotopic (exact) mass is 232 g/mol. The summed E-state index contributed by atoms with van der Waals surface area (Å²) in [7, 11) is 0.685. The fourth-order valence-electron chi connectivity index (χ4n) is 1.91. The Bertz CT molecular complexity index is 146. The van der Waals surface area contributed by atoms with E-state index in [4.69, 9.17) is 4.43 Å². The van der Waals surface area contributed by atoms with Crippen LogP contribution < -0.4 is 4.98 Å². The van der Waals surface area contributed by atoms with Crippen LogP contribution in [0.15, 0.2) is 0 Å². The maximum Gasteiger partial charge on any atom is 0.253 e. The normalized spacial score (nSPS) is 14.2. The number of hydrogen-bond donors (Lipinski definition) is 1. The Kier molecular flexibility index (Phi) is 8.33. The molecule has 0 aromatic heterocycles. The number of hydrogen-bond acceptors (Lipinski definition) is 3. The molecule has 92 valence electrons. The third kappa shape index (κ3) is 6.30. The molecular formula is C11H28N2OSi. The summed E-state index contributed by atoms with van der Waals surface area (Å²) in [6.45, 7) is 13.4. The van der Waals surface area contributed by atoms with E-state index in [-0.39, 0.29) is 0 Å². The first-order chi connectivity index (χ1) is 7.02. The lowest BCUT2D eigenvalue weighted by Crippen LogP contribution is -2.43. The molecule has 0 fully saturated rings. The van der Waals surface area contributed by atoms with E-state index in [9.17, 15) is 0 Å². The van der Waals surface area contributed by atoms with Crippen molar-refractivity contribution in [3.8, 4) is 0 Å². The molecule has 1 atom stereocenters. The molecule has 0 amide bonds. The highest BCUT2D eigenvalue weighted by atomic mass is 28.3. The van der Waals surface area contributed by atoms with Gasteiger partial charge in [-0.25, -0.2) is 0 Å². The highest BCUT2D eigenvalue weighted by Gasteiger charge is 2.16. The highest BCUT2D eigenvalue weighted by Crippen LogP contribution is 2.06. The molecule has 0 spiro atoms. The van der Waals surface area contributed by atoms with E-state index in [0.717, 1.165) is 13.1 Å². The van der Waals surface area contributed by atoms with Crippen molar-refractivity contribution in [2.24, 2.45) is 0 Å². The van der Waals surface area contributed by atoms with Gasteiger partial charge in [-0.05, 0) is 46.8 Å². The summed E-state index contributed by atoms with van der Waals surface area (Å²) < 4.78 is 5.50. The molecule has 15 heavy (non-hydrogen) atoms. The van der Waals surface area contributed by atoms with Gasteiger partial charge >= 0.3 is 0 Å². The van der Waals surface area contributed by atoms with Gasteiger partial charge in [-0.3, -0.25) is 4.90 Å². The van der Waals surface area contributed by atoms with Gasteiger partial charge in [0.15, 0.2) is 0 Å². The predicted octanol–water partition coefficient (Wildman–Crippen LogP) is 1.58. The second kappa shape index (κ2) is 8.27. The van der Waals surface area contributed by atoms with Gasteiger partial charge in [0, 0.05) is 19.2 Å². The van der Waals surface area contributed by atoms with Crippen LogP contribution >= 0.6 is 0 Å². The summed E-state index contributed by atoms with van der Waals surface area (Å²) in [5.74, 6) is 0. The minimum absolute atomic E-state index is 0.623. The maximum absolute atomic E-state index is 5.50. The van der Waals surface area contributed by atoms with Crippen molar-refractivity contribution in [2.45, 2.75) is 52.7 Å². The minimum atomic E-state index is -1.14. The fraction of sp³-hybridized carbons (Fsp3) is 1.00. The molecule has 0 aliphatic carbocycles. The highest BCUT2D eigenvalue weighted by molar-refractivity contribution is 6.48. The summed E-state index contributed by atoms with van der Waals surface area (Å²) in [6.07, 6.45) is 0. The van der Waals surface area contributed by atoms with E-state index >= 15 is 0 Å². The largest absolute Gasteiger partial charge is 0.409 e. The zero-order valence-electron chi connectivity index (χ0n) is 11.2. The minimum Gasteiger partial charge on any atom is -0.409 e. The molecule has 0 aromatic carbocycles. The Morgan fingerprint density at radius 1 is 1.20 bits per heavy atom. The van der Waals surface area contributed by atoms with E-state index in [2.05, 4.69) is 44.5 Å². The third-order valence-electron chi connectivity index (χ3n) is 2.69. The van der Waals surface area contributed by atoms with Crippen LogP contribution in [0.1, 0.15) is 34.6 Å². The van der Waals surface area contributed by atoms with Crippen LogP contribution in [0.4, 0.5) is 0 Å². The third-order valence-corrected chi connectivity index (χ3v) is 4.91.